The van der Waals surface area contributed by atoms with Gasteiger partial charge in [-0.3, -0.25) is 9.78 Å². The Morgan fingerprint density at radius 2 is 1.76 bits per heavy atom. The molecule has 6 nitrogen and oxygen atoms in total. The van der Waals surface area contributed by atoms with Gasteiger partial charge >= 0.3 is 0 Å². The summed E-state index contributed by atoms with van der Waals surface area (Å²) in [6.45, 7) is 0.730. The molecule has 2 aromatic heterocycles. The average molecular weight is 440 g/mol. The number of methoxy groups -OCH3 is 2. The first-order valence-electron chi connectivity index (χ1n) is 11.0. The van der Waals surface area contributed by atoms with Gasteiger partial charge in [0.1, 0.15) is 0 Å². The SMILES string of the molecule is COc1ccc(-c2cc(C(=O)N3CCCC3c3ccncc3)c3ccccc3n2)cc1OC. The lowest BCUT2D eigenvalue weighted by Gasteiger charge is -2.26. The van der Waals surface area contributed by atoms with Gasteiger partial charge in [0.05, 0.1) is 37.0 Å². The van der Waals surface area contributed by atoms with Gasteiger partial charge in [0, 0.05) is 29.9 Å². The van der Waals surface area contributed by atoms with Gasteiger partial charge in [-0.05, 0) is 60.9 Å². The molecule has 1 aliphatic heterocycles. The molecule has 166 valence electrons. The predicted molar refractivity (Wildman–Crippen MR) is 128 cm³/mol. The zero-order valence-electron chi connectivity index (χ0n) is 18.7. The number of para-hydroxylation sites is 1. The largest absolute Gasteiger partial charge is 0.493 e. The second kappa shape index (κ2) is 8.90. The van der Waals surface area contributed by atoms with E-state index >= 15 is 0 Å². The van der Waals surface area contributed by atoms with Crippen LogP contribution < -0.4 is 9.47 Å². The first kappa shape index (κ1) is 20.9. The minimum atomic E-state index is 0.0228. The molecule has 1 aliphatic rings. The number of nitrogens with zero attached hydrogens (tertiary/aromatic N) is 3. The number of rotatable bonds is 5. The molecule has 5 rings (SSSR count). The Labute approximate surface area is 192 Å². The third-order valence-corrected chi connectivity index (χ3v) is 6.23. The maximum Gasteiger partial charge on any atom is 0.255 e. The molecule has 0 spiro atoms. The van der Waals surface area contributed by atoms with E-state index in [9.17, 15) is 4.79 Å². The Morgan fingerprint density at radius 3 is 2.55 bits per heavy atom. The van der Waals surface area contributed by atoms with E-state index in [1.54, 1.807) is 26.6 Å². The Bertz CT molecular complexity index is 1310. The number of hydrogen-bond acceptors (Lipinski definition) is 5. The van der Waals surface area contributed by atoms with E-state index in [2.05, 4.69) is 4.98 Å². The molecule has 0 aliphatic carbocycles. The van der Waals surface area contributed by atoms with E-state index in [0.717, 1.165) is 47.1 Å². The highest BCUT2D eigenvalue weighted by molar-refractivity contribution is 6.07. The molecule has 1 atom stereocenters. The van der Waals surface area contributed by atoms with E-state index in [1.165, 1.54) is 0 Å². The number of fused-ring (bicyclic) bond motifs is 1. The number of amides is 1. The molecular formula is C27H25N3O3. The van der Waals surface area contributed by atoms with Crippen LogP contribution >= 0.6 is 0 Å². The average Bonchev–Trinajstić information content (AvgIpc) is 3.38. The maximum atomic E-state index is 13.9. The Hall–Kier alpha value is -3.93. The standard InChI is InChI=1S/C27H25N3O3/c1-32-25-10-9-19(16-26(25)33-2)23-17-21(20-6-3-4-7-22(20)29-23)27(31)30-15-5-8-24(30)18-11-13-28-14-12-18/h3-4,6-7,9-14,16-17,24H,5,8,15H2,1-2H3. The van der Waals surface area contributed by atoms with Crippen molar-refractivity contribution in [2.24, 2.45) is 0 Å². The third-order valence-electron chi connectivity index (χ3n) is 6.23. The number of pyridine rings is 2. The summed E-state index contributed by atoms with van der Waals surface area (Å²) in [4.78, 5) is 24.8. The fourth-order valence-electron chi connectivity index (χ4n) is 4.59. The van der Waals surface area contributed by atoms with E-state index < -0.39 is 0 Å². The lowest BCUT2D eigenvalue weighted by atomic mass is 10.0. The van der Waals surface area contributed by atoms with Crippen LogP contribution in [0.3, 0.4) is 0 Å². The zero-order chi connectivity index (χ0) is 22.8. The molecule has 1 fully saturated rings. The highest BCUT2D eigenvalue weighted by atomic mass is 16.5. The van der Waals surface area contributed by atoms with Crippen LogP contribution in [-0.4, -0.2) is 41.5 Å². The highest BCUT2D eigenvalue weighted by Crippen LogP contribution is 2.36. The van der Waals surface area contributed by atoms with Crippen molar-refractivity contribution in [3.8, 4) is 22.8 Å². The van der Waals surface area contributed by atoms with E-state index in [0.29, 0.717) is 17.1 Å². The smallest absolute Gasteiger partial charge is 0.255 e. The first-order chi connectivity index (χ1) is 16.2. The van der Waals surface area contributed by atoms with Gasteiger partial charge in [0.15, 0.2) is 11.5 Å². The van der Waals surface area contributed by atoms with Crippen molar-refractivity contribution in [1.29, 1.82) is 0 Å². The number of ether oxygens (including phenoxy) is 2. The number of carbonyl (C=O) groups is 1. The van der Waals surface area contributed by atoms with Crippen molar-refractivity contribution in [3.63, 3.8) is 0 Å². The molecule has 1 unspecified atom stereocenters. The Morgan fingerprint density at radius 1 is 0.970 bits per heavy atom. The molecule has 6 heteroatoms. The van der Waals surface area contributed by atoms with Gasteiger partial charge in [-0.15, -0.1) is 0 Å². The van der Waals surface area contributed by atoms with Gasteiger partial charge in [-0.25, -0.2) is 4.98 Å². The van der Waals surface area contributed by atoms with E-state index in [1.807, 2.05) is 65.6 Å². The van der Waals surface area contributed by atoms with Crippen LogP contribution in [0.4, 0.5) is 0 Å². The quantitative estimate of drug-likeness (QED) is 0.423. The third kappa shape index (κ3) is 3.89. The van der Waals surface area contributed by atoms with Crippen LogP contribution in [0, 0.1) is 0 Å². The van der Waals surface area contributed by atoms with Crippen molar-refractivity contribution < 1.29 is 14.3 Å². The summed E-state index contributed by atoms with van der Waals surface area (Å²) in [5.74, 6) is 1.29. The summed E-state index contributed by atoms with van der Waals surface area (Å²) < 4.78 is 10.8. The van der Waals surface area contributed by atoms with Crippen LogP contribution in [0.5, 0.6) is 11.5 Å². The normalized spacial score (nSPS) is 15.6. The summed E-state index contributed by atoms with van der Waals surface area (Å²) in [5, 5.41) is 0.854. The molecule has 0 radical (unpaired) electrons. The number of hydrogen-bond donors (Lipinski definition) is 0. The lowest BCUT2D eigenvalue weighted by Crippen LogP contribution is -2.30. The molecule has 2 aromatic carbocycles. The lowest BCUT2D eigenvalue weighted by molar-refractivity contribution is 0.0737. The van der Waals surface area contributed by atoms with Crippen molar-refractivity contribution in [3.05, 3.63) is 84.2 Å². The number of aromatic nitrogens is 2. The van der Waals surface area contributed by atoms with Gasteiger partial charge in [0.25, 0.3) is 5.91 Å². The van der Waals surface area contributed by atoms with Crippen LogP contribution in [0.15, 0.2) is 73.1 Å². The molecule has 33 heavy (non-hydrogen) atoms. The molecule has 4 aromatic rings. The van der Waals surface area contributed by atoms with Gasteiger partial charge in [-0.2, -0.15) is 0 Å². The monoisotopic (exact) mass is 439 g/mol. The summed E-state index contributed by atoms with van der Waals surface area (Å²) >= 11 is 0. The molecule has 1 saturated heterocycles. The zero-order valence-corrected chi connectivity index (χ0v) is 18.7. The number of carbonyl (C=O) groups excluding carboxylic acids is 1. The fourth-order valence-corrected chi connectivity index (χ4v) is 4.59. The van der Waals surface area contributed by atoms with Crippen LogP contribution in [0.2, 0.25) is 0 Å². The molecule has 0 saturated carbocycles. The van der Waals surface area contributed by atoms with Gasteiger partial charge < -0.3 is 14.4 Å². The van der Waals surface area contributed by atoms with Gasteiger partial charge in [0.2, 0.25) is 0 Å². The second-order valence-corrected chi connectivity index (χ2v) is 8.08. The van der Waals surface area contributed by atoms with Gasteiger partial charge in [-0.1, -0.05) is 18.2 Å². The Balaban J connectivity index is 1.60. The molecule has 1 amide bonds. The summed E-state index contributed by atoms with van der Waals surface area (Å²) in [6, 6.07) is 19.4. The predicted octanol–water partition coefficient (Wildman–Crippen LogP) is 5.29. The van der Waals surface area contributed by atoms with Crippen LogP contribution in [-0.2, 0) is 0 Å². The minimum Gasteiger partial charge on any atom is -0.493 e. The molecular weight excluding hydrogens is 414 g/mol. The number of benzene rings is 2. The Kier molecular flexibility index (Phi) is 5.65. The van der Waals surface area contributed by atoms with Crippen molar-refractivity contribution >= 4 is 16.8 Å². The van der Waals surface area contributed by atoms with Crippen molar-refractivity contribution in [2.45, 2.75) is 18.9 Å². The van der Waals surface area contributed by atoms with Crippen molar-refractivity contribution in [1.82, 2.24) is 14.9 Å². The second-order valence-electron chi connectivity index (χ2n) is 8.08. The summed E-state index contributed by atoms with van der Waals surface area (Å²) in [5.41, 5.74) is 4.14. The fraction of sp³-hybridized carbons (Fsp3) is 0.222. The molecule has 0 bridgehead atoms. The molecule has 0 N–H and O–H groups in total. The highest BCUT2D eigenvalue weighted by Gasteiger charge is 2.31. The van der Waals surface area contributed by atoms with Crippen LogP contribution in [0.1, 0.15) is 34.8 Å². The summed E-state index contributed by atoms with van der Waals surface area (Å²) in [7, 11) is 3.22. The minimum absolute atomic E-state index is 0.0228. The van der Waals surface area contributed by atoms with Crippen LogP contribution in [0.25, 0.3) is 22.2 Å². The topological polar surface area (TPSA) is 64.5 Å². The van der Waals surface area contributed by atoms with E-state index in [4.69, 9.17) is 14.5 Å². The number of likely N-dealkylation sites (tertiary alicyclic amines) is 1. The summed E-state index contributed by atoms with van der Waals surface area (Å²) in [6.07, 6.45) is 5.49. The molecule has 3 heterocycles. The van der Waals surface area contributed by atoms with E-state index in [-0.39, 0.29) is 11.9 Å². The maximum absolute atomic E-state index is 13.9. The van der Waals surface area contributed by atoms with Crippen molar-refractivity contribution in [2.75, 3.05) is 20.8 Å². The first-order valence-corrected chi connectivity index (χ1v) is 11.0.